The van der Waals surface area contributed by atoms with Crippen molar-refractivity contribution in [2.75, 3.05) is 39.6 Å². The van der Waals surface area contributed by atoms with Gasteiger partial charge in [-0.15, -0.1) is 0 Å². The Bertz CT molecular complexity index is 472. The predicted molar refractivity (Wildman–Crippen MR) is 102 cm³/mol. The van der Waals surface area contributed by atoms with Gasteiger partial charge >= 0.3 is 0 Å². The first-order valence-corrected chi connectivity index (χ1v) is 9.97. The highest BCUT2D eigenvalue weighted by Crippen LogP contribution is 2.22. The SMILES string of the molecule is O=C(NCCOCCOCCOc1ccccc1)C1CCCCCCC1. The molecule has 0 aromatic heterocycles. The minimum atomic E-state index is 0.197. The molecule has 0 spiro atoms. The van der Waals surface area contributed by atoms with Crippen LogP contribution in [0.3, 0.4) is 0 Å². The molecular formula is C21H33NO4. The van der Waals surface area contributed by atoms with Gasteiger partial charge in [-0.3, -0.25) is 4.79 Å². The number of hydrogen-bond acceptors (Lipinski definition) is 4. The van der Waals surface area contributed by atoms with Crippen LogP contribution in [0, 0.1) is 5.92 Å². The zero-order valence-electron chi connectivity index (χ0n) is 15.8. The van der Waals surface area contributed by atoms with Gasteiger partial charge in [-0.25, -0.2) is 0 Å². The third kappa shape index (κ3) is 9.20. The van der Waals surface area contributed by atoms with Crippen molar-refractivity contribution in [1.29, 1.82) is 0 Å². The normalized spacial score (nSPS) is 15.8. The maximum absolute atomic E-state index is 12.2. The van der Waals surface area contributed by atoms with E-state index in [4.69, 9.17) is 14.2 Å². The lowest BCUT2D eigenvalue weighted by atomic mass is 9.90. The maximum Gasteiger partial charge on any atom is 0.223 e. The number of ether oxygens (including phenoxy) is 3. The molecule has 0 saturated heterocycles. The van der Waals surface area contributed by atoms with E-state index in [1.807, 2.05) is 30.3 Å². The summed E-state index contributed by atoms with van der Waals surface area (Å²) in [5.74, 6) is 1.25. The van der Waals surface area contributed by atoms with Crippen molar-refractivity contribution < 1.29 is 19.0 Å². The van der Waals surface area contributed by atoms with Crippen LogP contribution in [0.25, 0.3) is 0 Å². The summed E-state index contributed by atoms with van der Waals surface area (Å²) < 4.78 is 16.5. The van der Waals surface area contributed by atoms with Crippen LogP contribution in [-0.2, 0) is 14.3 Å². The first-order valence-electron chi connectivity index (χ1n) is 9.97. The number of nitrogens with one attached hydrogen (secondary N) is 1. The number of rotatable bonds is 11. The Morgan fingerprint density at radius 1 is 0.846 bits per heavy atom. The van der Waals surface area contributed by atoms with Gasteiger partial charge in [-0.1, -0.05) is 50.3 Å². The molecule has 2 rings (SSSR count). The van der Waals surface area contributed by atoms with Crippen LogP contribution < -0.4 is 10.1 Å². The van der Waals surface area contributed by atoms with Gasteiger partial charge in [0.05, 0.1) is 26.4 Å². The molecule has 0 atom stereocenters. The lowest BCUT2D eigenvalue weighted by Gasteiger charge is -2.19. The van der Waals surface area contributed by atoms with Gasteiger partial charge in [0.1, 0.15) is 12.4 Å². The Kier molecular flexibility index (Phi) is 10.8. The van der Waals surface area contributed by atoms with Gasteiger partial charge in [0.15, 0.2) is 0 Å². The number of amides is 1. The third-order valence-electron chi connectivity index (χ3n) is 4.63. The van der Waals surface area contributed by atoms with E-state index in [1.165, 1.54) is 32.1 Å². The van der Waals surface area contributed by atoms with Crippen molar-refractivity contribution >= 4 is 5.91 Å². The van der Waals surface area contributed by atoms with Crippen molar-refractivity contribution in [2.45, 2.75) is 44.9 Å². The Hall–Kier alpha value is -1.59. The quantitative estimate of drug-likeness (QED) is 0.611. The van der Waals surface area contributed by atoms with Crippen molar-refractivity contribution in [1.82, 2.24) is 5.32 Å². The first kappa shape index (κ1) is 20.7. The lowest BCUT2D eigenvalue weighted by Crippen LogP contribution is -2.33. The molecule has 146 valence electrons. The Balaban J connectivity index is 1.39. The molecule has 0 heterocycles. The van der Waals surface area contributed by atoms with Crippen molar-refractivity contribution in [3.63, 3.8) is 0 Å². The van der Waals surface area contributed by atoms with Crippen LogP contribution in [0.5, 0.6) is 5.75 Å². The molecule has 1 aliphatic rings. The fourth-order valence-electron chi connectivity index (χ4n) is 3.17. The summed E-state index contributed by atoms with van der Waals surface area (Å²) in [7, 11) is 0. The molecule has 1 fully saturated rings. The summed E-state index contributed by atoms with van der Waals surface area (Å²) in [5, 5.41) is 3.01. The molecule has 5 heteroatoms. The topological polar surface area (TPSA) is 56.8 Å². The largest absolute Gasteiger partial charge is 0.491 e. The fourth-order valence-corrected chi connectivity index (χ4v) is 3.17. The first-order chi connectivity index (χ1) is 12.9. The fraction of sp³-hybridized carbons (Fsp3) is 0.667. The van der Waals surface area contributed by atoms with Crippen molar-refractivity contribution in [2.24, 2.45) is 5.92 Å². The summed E-state index contributed by atoms with van der Waals surface area (Å²) >= 11 is 0. The average Bonchev–Trinajstić information content (AvgIpc) is 2.63. The van der Waals surface area contributed by atoms with Crippen molar-refractivity contribution in [3.05, 3.63) is 30.3 Å². The van der Waals surface area contributed by atoms with Crippen LogP contribution in [0.15, 0.2) is 30.3 Å². The molecule has 1 amide bonds. The Labute approximate surface area is 157 Å². The molecule has 1 N–H and O–H groups in total. The molecule has 0 radical (unpaired) electrons. The summed E-state index contributed by atoms with van der Waals surface area (Å²) in [6.07, 6.45) is 8.28. The summed E-state index contributed by atoms with van der Waals surface area (Å²) in [5.41, 5.74) is 0. The number of carbonyl (C=O) groups is 1. The van der Waals surface area contributed by atoms with Crippen LogP contribution >= 0.6 is 0 Å². The molecule has 1 aliphatic carbocycles. The van der Waals surface area contributed by atoms with Gasteiger partial charge in [0.25, 0.3) is 0 Å². The van der Waals surface area contributed by atoms with E-state index in [0.717, 1.165) is 18.6 Å². The molecule has 1 aromatic rings. The molecule has 0 aliphatic heterocycles. The van der Waals surface area contributed by atoms with Gasteiger partial charge in [0, 0.05) is 12.5 Å². The molecule has 0 unspecified atom stereocenters. The minimum Gasteiger partial charge on any atom is -0.491 e. The van der Waals surface area contributed by atoms with E-state index in [0.29, 0.717) is 39.6 Å². The van der Waals surface area contributed by atoms with Gasteiger partial charge < -0.3 is 19.5 Å². The second-order valence-electron chi connectivity index (χ2n) is 6.72. The summed E-state index contributed by atoms with van der Waals surface area (Å²) in [4.78, 5) is 12.2. The summed E-state index contributed by atoms with van der Waals surface area (Å²) in [6.45, 7) is 3.24. The predicted octanol–water partition coefficient (Wildman–Crippen LogP) is 3.58. The van der Waals surface area contributed by atoms with E-state index in [2.05, 4.69) is 5.32 Å². The minimum absolute atomic E-state index is 0.197. The number of benzene rings is 1. The van der Waals surface area contributed by atoms with Crippen LogP contribution in [0.1, 0.15) is 44.9 Å². The highest BCUT2D eigenvalue weighted by molar-refractivity contribution is 5.78. The van der Waals surface area contributed by atoms with Crippen LogP contribution in [0.2, 0.25) is 0 Å². The monoisotopic (exact) mass is 363 g/mol. The Morgan fingerprint density at radius 2 is 1.46 bits per heavy atom. The van der Waals surface area contributed by atoms with E-state index >= 15 is 0 Å². The number of hydrogen-bond donors (Lipinski definition) is 1. The van der Waals surface area contributed by atoms with Gasteiger partial charge in [-0.2, -0.15) is 0 Å². The second kappa shape index (κ2) is 13.6. The van der Waals surface area contributed by atoms with E-state index in [-0.39, 0.29) is 11.8 Å². The average molecular weight is 363 g/mol. The third-order valence-corrected chi connectivity index (χ3v) is 4.63. The Morgan fingerprint density at radius 3 is 2.19 bits per heavy atom. The molecular weight excluding hydrogens is 330 g/mol. The summed E-state index contributed by atoms with van der Waals surface area (Å²) in [6, 6.07) is 9.70. The lowest BCUT2D eigenvalue weighted by molar-refractivity contribution is -0.125. The van der Waals surface area contributed by atoms with E-state index in [1.54, 1.807) is 0 Å². The second-order valence-corrected chi connectivity index (χ2v) is 6.72. The zero-order chi connectivity index (χ0) is 18.3. The molecule has 1 saturated carbocycles. The maximum atomic E-state index is 12.2. The van der Waals surface area contributed by atoms with Gasteiger partial charge in [-0.05, 0) is 25.0 Å². The van der Waals surface area contributed by atoms with Crippen LogP contribution in [0.4, 0.5) is 0 Å². The molecule has 26 heavy (non-hydrogen) atoms. The molecule has 1 aromatic carbocycles. The number of para-hydroxylation sites is 1. The number of carbonyl (C=O) groups excluding carboxylic acids is 1. The van der Waals surface area contributed by atoms with E-state index in [9.17, 15) is 4.79 Å². The molecule has 5 nitrogen and oxygen atoms in total. The van der Waals surface area contributed by atoms with Gasteiger partial charge in [0.2, 0.25) is 5.91 Å². The van der Waals surface area contributed by atoms with Crippen molar-refractivity contribution in [3.8, 4) is 5.75 Å². The standard InChI is InChI=1S/C21H33NO4/c23-21(19-9-5-2-1-3-6-10-19)22-13-14-24-15-16-25-17-18-26-20-11-7-4-8-12-20/h4,7-8,11-12,19H,1-3,5-6,9-10,13-18H2,(H,22,23). The molecule has 0 bridgehead atoms. The van der Waals surface area contributed by atoms with Crippen LogP contribution in [-0.4, -0.2) is 45.5 Å². The smallest absolute Gasteiger partial charge is 0.223 e. The highest BCUT2D eigenvalue weighted by Gasteiger charge is 2.18. The zero-order valence-corrected chi connectivity index (χ0v) is 15.8. The highest BCUT2D eigenvalue weighted by atomic mass is 16.5. The van der Waals surface area contributed by atoms with E-state index < -0.39 is 0 Å².